The number of carbonyl (C=O) groups is 1. The molecule has 0 aliphatic rings. The molecule has 0 fully saturated rings. The Hall–Kier alpha value is -1.06. The molecule has 0 spiro atoms. The van der Waals surface area contributed by atoms with Gasteiger partial charge in [0.15, 0.2) is 0 Å². The van der Waals surface area contributed by atoms with Crippen molar-refractivity contribution in [3.63, 3.8) is 0 Å². The maximum atomic E-state index is 10.4. The first-order chi connectivity index (χ1) is 5.42. The molecular formula is C8H8Cl2N2O. The summed E-state index contributed by atoms with van der Waals surface area (Å²) in [5.41, 5.74) is 1.70. The summed E-state index contributed by atoms with van der Waals surface area (Å²) in [7, 11) is 0. The average Bonchev–Trinajstić information content (AvgIpc) is 2.47. The van der Waals surface area contributed by atoms with Crippen molar-refractivity contribution >= 4 is 42.3 Å². The number of aromatic nitrogens is 2. The van der Waals surface area contributed by atoms with Crippen molar-refractivity contribution in [3.05, 3.63) is 30.6 Å². The highest BCUT2D eigenvalue weighted by molar-refractivity contribution is 5.85. The number of fused-ring (bicyclic) bond motifs is 1. The molecule has 3 nitrogen and oxygen atoms in total. The van der Waals surface area contributed by atoms with Crippen LogP contribution in [0.1, 0.15) is 0 Å². The van der Waals surface area contributed by atoms with E-state index in [1.165, 1.54) is 10.9 Å². The third-order valence-corrected chi connectivity index (χ3v) is 1.59. The van der Waals surface area contributed by atoms with Gasteiger partial charge in [-0.1, -0.05) is 12.1 Å². The summed E-state index contributed by atoms with van der Waals surface area (Å²) in [5.74, 6) is 0. The summed E-state index contributed by atoms with van der Waals surface area (Å²) < 4.78 is 1.45. The molecule has 0 atom stereocenters. The molecule has 0 aliphatic carbocycles. The number of imidazole rings is 1. The maximum Gasteiger partial charge on any atom is 0.219 e. The molecule has 0 saturated carbocycles. The standard InChI is InChI=1S/C8H6N2O.2ClH/c11-6-10-5-9-7-3-1-2-4-8(7)10;;/h1-6H;2*1H. The van der Waals surface area contributed by atoms with Gasteiger partial charge in [0.05, 0.1) is 11.0 Å². The minimum atomic E-state index is 0. The first-order valence-corrected chi connectivity index (χ1v) is 3.28. The van der Waals surface area contributed by atoms with Crippen LogP contribution in [-0.4, -0.2) is 16.0 Å². The van der Waals surface area contributed by atoms with Crippen LogP contribution in [0.5, 0.6) is 0 Å². The van der Waals surface area contributed by atoms with Gasteiger partial charge in [0, 0.05) is 0 Å². The van der Waals surface area contributed by atoms with Crippen LogP contribution in [0.25, 0.3) is 11.0 Å². The Morgan fingerprint density at radius 1 is 1.23 bits per heavy atom. The second kappa shape index (κ2) is 4.84. The lowest BCUT2D eigenvalue weighted by molar-refractivity contribution is 0.548. The maximum absolute atomic E-state index is 10.4. The average molecular weight is 219 g/mol. The smallest absolute Gasteiger partial charge is 0.219 e. The molecule has 0 aliphatic heterocycles. The van der Waals surface area contributed by atoms with Crippen molar-refractivity contribution in [2.45, 2.75) is 0 Å². The number of hydrogen-bond donors (Lipinski definition) is 0. The van der Waals surface area contributed by atoms with Crippen molar-refractivity contribution in [2.75, 3.05) is 0 Å². The fraction of sp³-hybridized carbons (Fsp3) is 0. The normalized spacial score (nSPS) is 8.62. The van der Waals surface area contributed by atoms with E-state index in [0.29, 0.717) is 0 Å². The zero-order valence-electron chi connectivity index (χ0n) is 6.58. The Bertz CT molecular complexity index is 400. The molecule has 0 amide bonds. The summed E-state index contributed by atoms with van der Waals surface area (Å²) in [4.78, 5) is 14.4. The summed E-state index contributed by atoms with van der Waals surface area (Å²) in [5, 5.41) is 0. The largest absolute Gasteiger partial charge is 0.278 e. The second-order valence-electron chi connectivity index (χ2n) is 2.25. The molecule has 1 aromatic carbocycles. The third-order valence-electron chi connectivity index (χ3n) is 1.59. The van der Waals surface area contributed by atoms with Crippen molar-refractivity contribution < 1.29 is 4.79 Å². The molecule has 70 valence electrons. The van der Waals surface area contributed by atoms with E-state index in [1.807, 2.05) is 24.3 Å². The lowest BCUT2D eigenvalue weighted by atomic mass is 10.3. The van der Waals surface area contributed by atoms with Crippen LogP contribution < -0.4 is 0 Å². The number of rotatable bonds is 1. The van der Waals surface area contributed by atoms with E-state index in [9.17, 15) is 4.79 Å². The Balaban J connectivity index is 0.000000720. The predicted octanol–water partition coefficient (Wildman–Crippen LogP) is 1.92. The molecule has 1 heterocycles. The van der Waals surface area contributed by atoms with Crippen LogP contribution >= 0.6 is 24.8 Å². The van der Waals surface area contributed by atoms with E-state index >= 15 is 0 Å². The van der Waals surface area contributed by atoms with Gasteiger partial charge in [-0.05, 0) is 12.1 Å². The number of hydrogen-bond acceptors (Lipinski definition) is 2. The minimum absolute atomic E-state index is 0. The lowest BCUT2D eigenvalue weighted by Crippen LogP contribution is -1.89. The van der Waals surface area contributed by atoms with Crippen LogP contribution in [0.15, 0.2) is 30.6 Å². The number of carbonyl (C=O) groups excluding carboxylic acids is 1. The molecule has 1 aromatic heterocycles. The van der Waals surface area contributed by atoms with E-state index in [0.717, 1.165) is 17.4 Å². The van der Waals surface area contributed by atoms with Gasteiger partial charge in [0.2, 0.25) is 6.41 Å². The molecule has 0 bridgehead atoms. The molecule has 13 heavy (non-hydrogen) atoms. The van der Waals surface area contributed by atoms with Gasteiger partial charge in [-0.3, -0.25) is 9.36 Å². The van der Waals surface area contributed by atoms with E-state index in [4.69, 9.17) is 0 Å². The Morgan fingerprint density at radius 3 is 2.62 bits per heavy atom. The number of nitrogens with zero attached hydrogens (tertiary/aromatic N) is 2. The summed E-state index contributed by atoms with van der Waals surface area (Å²) in [6.07, 6.45) is 2.26. The molecule has 0 N–H and O–H groups in total. The van der Waals surface area contributed by atoms with Crippen molar-refractivity contribution in [1.82, 2.24) is 9.55 Å². The highest BCUT2D eigenvalue weighted by Crippen LogP contribution is 2.09. The zero-order chi connectivity index (χ0) is 7.68. The zero-order valence-corrected chi connectivity index (χ0v) is 8.22. The fourth-order valence-electron chi connectivity index (χ4n) is 1.06. The Morgan fingerprint density at radius 2 is 1.92 bits per heavy atom. The summed E-state index contributed by atoms with van der Waals surface area (Å²) in [6, 6.07) is 7.50. The van der Waals surface area contributed by atoms with Gasteiger partial charge in [0.1, 0.15) is 6.33 Å². The van der Waals surface area contributed by atoms with E-state index < -0.39 is 0 Å². The Labute approximate surface area is 87.6 Å². The first kappa shape index (κ1) is 11.9. The molecule has 5 heteroatoms. The van der Waals surface area contributed by atoms with Crippen molar-refractivity contribution in [3.8, 4) is 0 Å². The molecule has 2 rings (SSSR count). The fourth-order valence-corrected chi connectivity index (χ4v) is 1.06. The summed E-state index contributed by atoms with van der Waals surface area (Å²) in [6.45, 7) is 0. The monoisotopic (exact) mass is 218 g/mol. The first-order valence-electron chi connectivity index (χ1n) is 3.28. The minimum Gasteiger partial charge on any atom is -0.278 e. The molecule has 0 saturated heterocycles. The number of benzene rings is 1. The van der Waals surface area contributed by atoms with Gasteiger partial charge in [-0.25, -0.2) is 4.98 Å². The van der Waals surface area contributed by atoms with Gasteiger partial charge < -0.3 is 0 Å². The topological polar surface area (TPSA) is 34.9 Å². The highest BCUT2D eigenvalue weighted by atomic mass is 35.5. The van der Waals surface area contributed by atoms with Crippen LogP contribution in [0.2, 0.25) is 0 Å². The highest BCUT2D eigenvalue weighted by Gasteiger charge is 1.97. The van der Waals surface area contributed by atoms with Crippen LogP contribution in [0.3, 0.4) is 0 Å². The lowest BCUT2D eigenvalue weighted by Gasteiger charge is -1.88. The van der Waals surface area contributed by atoms with Gasteiger partial charge in [0.25, 0.3) is 0 Å². The SMILES string of the molecule is Cl.Cl.O=Cn1cnc2ccccc21. The van der Waals surface area contributed by atoms with E-state index in [1.54, 1.807) is 0 Å². The van der Waals surface area contributed by atoms with Gasteiger partial charge in [-0.2, -0.15) is 0 Å². The van der Waals surface area contributed by atoms with Crippen LogP contribution in [-0.2, 0) is 4.79 Å². The molecular weight excluding hydrogens is 211 g/mol. The van der Waals surface area contributed by atoms with Crippen molar-refractivity contribution in [2.24, 2.45) is 0 Å². The predicted molar refractivity (Wildman–Crippen MR) is 56.4 cm³/mol. The molecule has 0 radical (unpaired) electrons. The van der Waals surface area contributed by atoms with Crippen molar-refractivity contribution in [1.29, 1.82) is 0 Å². The third kappa shape index (κ3) is 1.99. The van der Waals surface area contributed by atoms with E-state index in [-0.39, 0.29) is 24.8 Å². The Kier molecular flexibility index (Phi) is 4.45. The number of halogens is 2. The van der Waals surface area contributed by atoms with Crippen LogP contribution in [0.4, 0.5) is 0 Å². The van der Waals surface area contributed by atoms with Crippen LogP contribution in [0, 0.1) is 0 Å². The molecule has 0 unspecified atom stereocenters. The molecule has 2 aromatic rings. The van der Waals surface area contributed by atoms with Gasteiger partial charge >= 0.3 is 0 Å². The quantitative estimate of drug-likeness (QED) is 0.686. The number of para-hydroxylation sites is 2. The summed E-state index contributed by atoms with van der Waals surface area (Å²) >= 11 is 0. The van der Waals surface area contributed by atoms with E-state index in [2.05, 4.69) is 4.98 Å². The second-order valence-corrected chi connectivity index (χ2v) is 2.25. The van der Waals surface area contributed by atoms with Gasteiger partial charge in [-0.15, -0.1) is 24.8 Å².